The topological polar surface area (TPSA) is 101 Å². The Morgan fingerprint density at radius 3 is 2.82 bits per heavy atom. The molecule has 0 aliphatic heterocycles. The number of amides is 1. The number of hydrogen-bond acceptors (Lipinski definition) is 4. The molecule has 0 saturated carbocycles. The molecule has 0 aliphatic carbocycles. The third kappa shape index (κ3) is 2.90. The summed E-state index contributed by atoms with van der Waals surface area (Å²) < 4.78 is 1.46. The molecule has 0 fully saturated rings. The van der Waals surface area contributed by atoms with Gasteiger partial charge in [-0.15, -0.1) is 0 Å². The lowest BCUT2D eigenvalue weighted by Crippen LogP contribution is -2.31. The van der Waals surface area contributed by atoms with E-state index < -0.39 is 5.91 Å². The number of nitrogens with zero attached hydrogens (tertiary/aromatic N) is 1. The summed E-state index contributed by atoms with van der Waals surface area (Å²) in [5, 5.41) is 9.93. The second-order valence-corrected chi connectivity index (χ2v) is 5.01. The molecule has 1 amide bonds. The number of carbonyl (C=O) groups excluding carboxylic acids is 1. The Labute approximate surface area is 128 Å². The van der Waals surface area contributed by atoms with Crippen LogP contribution >= 0.6 is 0 Å². The lowest BCUT2D eigenvalue weighted by molar-refractivity contribution is 0.0961. The predicted octanol–water partition coefficient (Wildman–Crippen LogP) is 1.14. The molecule has 0 atom stereocenters. The van der Waals surface area contributed by atoms with Crippen LogP contribution in [0.5, 0.6) is 0 Å². The normalized spacial score (nSPS) is 10.3. The summed E-state index contributed by atoms with van der Waals surface area (Å²) in [5.41, 5.74) is 8.20. The average Bonchev–Trinajstić information content (AvgIpc) is 2.50. The molecule has 6 heteroatoms. The highest BCUT2D eigenvalue weighted by Crippen LogP contribution is 2.15. The molecular formula is C16H18N4O2. The van der Waals surface area contributed by atoms with Gasteiger partial charge in [-0.2, -0.15) is 0 Å². The second-order valence-electron chi connectivity index (χ2n) is 5.01. The van der Waals surface area contributed by atoms with Gasteiger partial charge >= 0.3 is 0 Å². The Bertz CT molecular complexity index is 793. The fourth-order valence-electron chi connectivity index (χ4n) is 2.33. The number of aromatic nitrogens is 1. The van der Waals surface area contributed by atoms with Gasteiger partial charge in [0.15, 0.2) is 0 Å². The highest BCUT2D eigenvalue weighted by molar-refractivity contribution is 5.93. The van der Waals surface area contributed by atoms with Crippen molar-refractivity contribution >= 4 is 17.8 Å². The van der Waals surface area contributed by atoms with Crippen LogP contribution in [0.3, 0.4) is 0 Å². The van der Waals surface area contributed by atoms with Crippen molar-refractivity contribution in [1.29, 1.82) is 5.41 Å². The molecule has 1 aromatic carbocycles. The van der Waals surface area contributed by atoms with Crippen LogP contribution in [0, 0.1) is 12.3 Å². The molecule has 0 radical (unpaired) electrons. The van der Waals surface area contributed by atoms with E-state index in [0.29, 0.717) is 11.3 Å². The van der Waals surface area contributed by atoms with Crippen LogP contribution in [-0.2, 0) is 6.54 Å². The van der Waals surface area contributed by atoms with Crippen molar-refractivity contribution in [2.75, 3.05) is 12.8 Å². The Hall–Kier alpha value is -2.89. The zero-order valence-corrected chi connectivity index (χ0v) is 12.5. The number of rotatable bonds is 4. The number of benzene rings is 1. The predicted molar refractivity (Wildman–Crippen MR) is 86.7 cm³/mol. The molecule has 1 aromatic heterocycles. The van der Waals surface area contributed by atoms with Crippen LogP contribution in [0.2, 0.25) is 0 Å². The van der Waals surface area contributed by atoms with Gasteiger partial charge in [-0.05, 0) is 30.2 Å². The van der Waals surface area contributed by atoms with Gasteiger partial charge in [0.2, 0.25) is 0 Å². The summed E-state index contributed by atoms with van der Waals surface area (Å²) in [6.07, 6.45) is 2.86. The first-order valence-electron chi connectivity index (χ1n) is 6.79. The van der Waals surface area contributed by atoms with Crippen molar-refractivity contribution in [1.82, 2.24) is 9.88 Å². The quantitative estimate of drug-likeness (QED) is 0.583. The molecule has 4 N–H and O–H groups in total. The van der Waals surface area contributed by atoms with Crippen molar-refractivity contribution in [2.24, 2.45) is 0 Å². The standard InChI is InChI=1S/C16H18N4O2/c1-10-6-12(15(21)19-2)16(22)20(8-10)9-11-4-3-5-14(18)13(11)7-17/h3-8,17H,9,18H2,1-2H3,(H,19,21). The summed E-state index contributed by atoms with van der Waals surface area (Å²) in [6.45, 7) is 2.07. The fourth-order valence-corrected chi connectivity index (χ4v) is 2.33. The smallest absolute Gasteiger partial charge is 0.263 e. The lowest BCUT2D eigenvalue weighted by Gasteiger charge is -2.12. The van der Waals surface area contributed by atoms with Gasteiger partial charge in [-0.3, -0.25) is 9.59 Å². The van der Waals surface area contributed by atoms with Gasteiger partial charge in [-0.25, -0.2) is 0 Å². The summed E-state index contributed by atoms with van der Waals surface area (Å²) in [5.74, 6) is -0.415. The minimum Gasteiger partial charge on any atom is -0.398 e. The number of nitrogen functional groups attached to an aromatic ring is 1. The highest BCUT2D eigenvalue weighted by atomic mass is 16.2. The number of nitrogens with two attached hydrogens (primary N) is 1. The first kappa shape index (κ1) is 15.5. The van der Waals surface area contributed by atoms with Crippen LogP contribution in [-0.4, -0.2) is 23.7 Å². The van der Waals surface area contributed by atoms with Crippen molar-refractivity contribution in [3.05, 3.63) is 63.1 Å². The first-order chi connectivity index (χ1) is 10.5. The van der Waals surface area contributed by atoms with Gasteiger partial charge in [0.1, 0.15) is 5.56 Å². The van der Waals surface area contributed by atoms with Gasteiger partial charge in [-0.1, -0.05) is 12.1 Å². The number of aryl methyl sites for hydroxylation is 1. The molecule has 0 aliphatic rings. The molecule has 0 spiro atoms. The van der Waals surface area contributed by atoms with E-state index in [2.05, 4.69) is 5.32 Å². The second kappa shape index (κ2) is 6.26. The molecule has 0 bridgehead atoms. The van der Waals surface area contributed by atoms with Crippen molar-refractivity contribution < 1.29 is 4.79 Å². The van der Waals surface area contributed by atoms with Crippen molar-refractivity contribution in [3.8, 4) is 0 Å². The largest absolute Gasteiger partial charge is 0.398 e. The van der Waals surface area contributed by atoms with Gasteiger partial charge in [0.25, 0.3) is 11.5 Å². The van der Waals surface area contributed by atoms with Crippen molar-refractivity contribution in [3.63, 3.8) is 0 Å². The molecular weight excluding hydrogens is 280 g/mol. The van der Waals surface area contributed by atoms with Gasteiger partial charge in [0.05, 0.1) is 6.54 Å². The number of anilines is 1. The third-order valence-electron chi connectivity index (χ3n) is 3.41. The monoisotopic (exact) mass is 298 g/mol. The zero-order valence-electron chi connectivity index (χ0n) is 12.5. The van der Waals surface area contributed by atoms with E-state index >= 15 is 0 Å². The van der Waals surface area contributed by atoms with E-state index in [1.807, 2.05) is 13.0 Å². The number of hydrogen-bond donors (Lipinski definition) is 3. The average molecular weight is 298 g/mol. The Balaban J connectivity index is 2.54. The lowest BCUT2D eigenvalue weighted by atomic mass is 10.1. The van der Waals surface area contributed by atoms with Gasteiger partial charge < -0.3 is 21.0 Å². The first-order valence-corrected chi connectivity index (χ1v) is 6.79. The minimum absolute atomic E-state index is 0.0998. The van der Waals surface area contributed by atoms with Crippen LogP contribution < -0.4 is 16.6 Å². The molecule has 114 valence electrons. The van der Waals surface area contributed by atoms with E-state index in [1.165, 1.54) is 17.8 Å². The maximum absolute atomic E-state index is 12.4. The van der Waals surface area contributed by atoms with Crippen molar-refractivity contribution in [2.45, 2.75) is 13.5 Å². The molecule has 6 nitrogen and oxygen atoms in total. The molecule has 0 saturated heterocycles. The Kier molecular flexibility index (Phi) is 4.41. The van der Waals surface area contributed by atoms with E-state index in [9.17, 15) is 9.59 Å². The molecule has 2 aromatic rings. The van der Waals surface area contributed by atoms with Crippen LogP contribution in [0.1, 0.15) is 27.0 Å². The molecule has 1 heterocycles. The van der Waals surface area contributed by atoms with E-state index in [4.69, 9.17) is 11.1 Å². The number of pyridine rings is 1. The maximum atomic E-state index is 12.4. The van der Waals surface area contributed by atoms with Crippen LogP contribution in [0.25, 0.3) is 0 Å². The summed E-state index contributed by atoms with van der Waals surface area (Å²) >= 11 is 0. The minimum atomic E-state index is -0.415. The molecule has 2 rings (SSSR count). The van der Waals surface area contributed by atoms with Gasteiger partial charge in [0, 0.05) is 30.7 Å². The summed E-state index contributed by atoms with van der Waals surface area (Å²) in [4.78, 5) is 24.2. The van der Waals surface area contributed by atoms with Crippen LogP contribution in [0.4, 0.5) is 5.69 Å². The molecule has 22 heavy (non-hydrogen) atoms. The fraction of sp³-hybridized carbons (Fsp3) is 0.188. The van der Waals surface area contributed by atoms with E-state index in [1.54, 1.807) is 24.4 Å². The Morgan fingerprint density at radius 1 is 1.45 bits per heavy atom. The third-order valence-corrected chi connectivity index (χ3v) is 3.41. The SMILES string of the molecule is CNC(=O)c1cc(C)cn(Cc2cccc(N)c2C=N)c1=O. The van der Waals surface area contributed by atoms with E-state index in [0.717, 1.165) is 11.1 Å². The summed E-state index contributed by atoms with van der Waals surface area (Å²) in [6, 6.07) is 6.86. The maximum Gasteiger partial charge on any atom is 0.263 e. The summed E-state index contributed by atoms with van der Waals surface area (Å²) in [7, 11) is 1.49. The number of nitrogens with one attached hydrogen (secondary N) is 2. The number of carbonyl (C=O) groups is 1. The Morgan fingerprint density at radius 2 is 2.18 bits per heavy atom. The van der Waals surface area contributed by atoms with Crippen LogP contribution in [0.15, 0.2) is 35.3 Å². The molecule has 0 unspecified atom stereocenters. The van der Waals surface area contributed by atoms with E-state index in [-0.39, 0.29) is 17.7 Å². The highest BCUT2D eigenvalue weighted by Gasteiger charge is 2.13. The zero-order chi connectivity index (χ0) is 16.3.